The summed E-state index contributed by atoms with van der Waals surface area (Å²) in [6, 6.07) is 0. The molecule has 5 nitrogen and oxygen atoms in total. The first-order chi connectivity index (χ1) is 9.80. The van der Waals surface area contributed by atoms with E-state index in [-0.39, 0.29) is 11.6 Å². The van der Waals surface area contributed by atoms with Crippen molar-refractivity contribution >= 4 is 0 Å². The normalized spacial score (nSPS) is 42.0. The molecule has 2 bridgehead atoms. The SMILES string of the molecule is CC1(C2=CC=CC=CN2)C2CCC1C(C1N=NN=N1)C2. The lowest BCUT2D eigenvalue weighted by Gasteiger charge is -2.34. The number of nitrogens with zero attached hydrogens (tertiary/aromatic N) is 4. The van der Waals surface area contributed by atoms with Gasteiger partial charge in [0.25, 0.3) is 0 Å². The molecule has 2 saturated carbocycles. The van der Waals surface area contributed by atoms with Crippen molar-refractivity contribution in [1.29, 1.82) is 0 Å². The minimum Gasteiger partial charge on any atom is -0.365 e. The van der Waals surface area contributed by atoms with Gasteiger partial charge in [-0.05, 0) is 53.7 Å². The van der Waals surface area contributed by atoms with Crippen LogP contribution in [0.1, 0.15) is 26.2 Å². The van der Waals surface area contributed by atoms with Crippen molar-refractivity contribution in [2.45, 2.75) is 32.4 Å². The lowest BCUT2D eigenvalue weighted by Crippen LogP contribution is -2.33. The molecule has 4 unspecified atom stereocenters. The Kier molecular flexibility index (Phi) is 2.62. The van der Waals surface area contributed by atoms with Crippen molar-refractivity contribution in [2.24, 2.45) is 43.8 Å². The molecule has 2 heterocycles. The first-order valence-corrected chi connectivity index (χ1v) is 7.40. The van der Waals surface area contributed by atoms with E-state index in [9.17, 15) is 0 Å². The summed E-state index contributed by atoms with van der Waals surface area (Å²) < 4.78 is 0. The molecule has 4 atom stereocenters. The van der Waals surface area contributed by atoms with E-state index in [0.717, 1.165) is 0 Å². The fraction of sp³-hybridized carbons (Fsp3) is 0.600. The molecular formula is C15H19N5. The van der Waals surface area contributed by atoms with Gasteiger partial charge in [0.05, 0.1) is 0 Å². The minimum atomic E-state index is -0.0397. The minimum absolute atomic E-state index is 0.0397. The van der Waals surface area contributed by atoms with Crippen LogP contribution in [0.5, 0.6) is 0 Å². The molecule has 4 aliphatic rings. The second-order valence-corrected chi connectivity index (χ2v) is 6.36. The first-order valence-electron chi connectivity index (χ1n) is 7.40. The Bertz CT molecular complexity index is 547. The van der Waals surface area contributed by atoms with Gasteiger partial charge in [-0.1, -0.05) is 19.1 Å². The monoisotopic (exact) mass is 269 g/mol. The van der Waals surface area contributed by atoms with Crippen molar-refractivity contribution in [2.75, 3.05) is 0 Å². The fourth-order valence-electron chi connectivity index (χ4n) is 4.69. The Hall–Kier alpha value is -1.78. The number of allylic oxidation sites excluding steroid dienone is 5. The quantitative estimate of drug-likeness (QED) is 0.815. The Morgan fingerprint density at radius 1 is 1.15 bits per heavy atom. The summed E-state index contributed by atoms with van der Waals surface area (Å²) in [5, 5.41) is 19.3. The molecule has 5 heteroatoms. The van der Waals surface area contributed by atoms with Gasteiger partial charge in [-0.25, -0.2) is 0 Å². The summed E-state index contributed by atoms with van der Waals surface area (Å²) in [5.74, 6) is 1.82. The third-order valence-corrected chi connectivity index (χ3v) is 5.68. The second-order valence-electron chi connectivity index (χ2n) is 6.36. The largest absolute Gasteiger partial charge is 0.365 e. The zero-order valence-electron chi connectivity index (χ0n) is 11.6. The van der Waals surface area contributed by atoms with Crippen LogP contribution in [0.15, 0.2) is 56.9 Å². The van der Waals surface area contributed by atoms with Gasteiger partial charge in [0.15, 0.2) is 6.17 Å². The van der Waals surface area contributed by atoms with E-state index in [2.05, 4.69) is 51.1 Å². The average molecular weight is 269 g/mol. The summed E-state index contributed by atoms with van der Waals surface area (Å²) >= 11 is 0. The zero-order valence-corrected chi connectivity index (χ0v) is 11.6. The lowest BCUT2D eigenvalue weighted by atomic mass is 9.74. The topological polar surface area (TPSA) is 61.5 Å². The summed E-state index contributed by atoms with van der Waals surface area (Å²) in [5.41, 5.74) is 1.54. The highest BCUT2D eigenvalue weighted by atomic mass is 15.6. The molecule has 2 aliphatic heterocycles. The predicted molar refractivity (Wildman–Crippen MR) is 75.4 cm³/mol. The predicted octanol–water partition coefficient (Wildman–Crippen LogP) is 3.75. The van der Waals surface area contributed by atoms with Crippen molar-refractivity contribution in [3.05, 3.63) is 36.2 Å². The Labute approximate surface area is 118 Å². The average Bonchev–Trinajstić information content (AvgIpc) is 3.09. The van der Waals surface area contributed by atoms with Gasteiger partial charge in [-0.3, -0.25) is 0 Å². The summed E-state index contributed by atoms with van der Waals surface area (Å²) in [6.07, 6.45) is 14.2. The molecular weight excluding hydrogens is 250 g/mol. The van der Waals surface area contributed by atoms with Crippen molar-refractivity contribution < 1.29 is 0 Å². The molecule has 1 N–H and O–H groups in total. The second kappa shape index (κ2) is 4.36. The fourth-order valence-corrected chi connectivity index (χ4v) is 4.69. The van der Waals surface area contributed by atoms with E-state index >= 15 is 0 Å². The number of rotatable bonds is 2. The first kappa shape index (κ1) is 12.0. The molecule has 20 heavy (non-hydrogen) atoms. The van der Waals surface area contributed by atoms with Gasteiger partial charge in [0, 0.05) is 23.2 Å². The van der Waals surface area contributed by atoms with Crippen molar-refractivity contribution in [3.63, 3.8) is 0 Å². The van der Waals surface area contributed by atoms with Crippen LogP contribution >= 0.6 is 0 Å². The third-order valence-electron chi connectivity index (χ3n) is 5.68. The van der Waals surface area contributed by atoms with Crippen LogP contribution in [-0.2, 0) is 0 Å². The highest BCUT2D eigenvalue weighted by Gasteiger charge is 2.59. The van der Waals surface area contributed by atoms with Crippen LogP contribution in [0.4, 0.5) is 0 Å². The number of hydrogen-bond donors (Lipinski definition) is 1. The van der Waals surface area contributed by atoms with Crippen LogP contribution in [0.2, 0.25) is 0 Å². The van der Waals surface area contributed by atoms with Crippen LogP contribution in [0.25, 0.3) is 0 Å². The Balaban J connectivity index is 1.67. The van der Waals surface area contributed by atoms with E-state index in [0.29, 0.717) is 17.8 Å². The number of hydrogen-bond acceptors (Lipinski definition) is 5. The Morgan fingerprint density at radius 2 is 2.00 bits per heavy atom. The van der Waals surface area contributed by atoms with Gasteiger partial charge < -0.3 is 5.32 Å². The van der Waals surface area contributed by atoms with Gasteiger partial charge in [0.1, 0.15) is 0 Å². The molecule has 2 aliphatic carbocycles. The molecule has 0 saturated heterocycles. The van der Waals surface area contributed by atoms with Gasteiger partial charge >= 0.3 is 0 Å². The zero-order chi connectivity index (χ0) is 13.6. The number of nitrogens with one attached hydrogen (secondary N) is 1. The van der Waals surface area contributed by atoms with Crippen molar-refractivity contribution in [1.82, 2.24) is 5.32 Å². The van der Waals surface area contributed by atoms with Crippen LogP contribution < -0.4 is 5.32 Å². The third kappa shape index (κ3) is 1.55. The summed E-state index contributed by atoms with van der Waals surface area (Å²) in [6.45, 7) is 2.41. The maximum Gasteiger partial charge on any atom is 0.188 e. The summed E-state index contributed by atoms with van der Waals surface area (Å²) in [4.78, 5) is 0. The smallest absolute Gasteiger partial charge is 0.188 e. The molecule has 104 valence electrons. The maximum absolute atomic E-state index is 4.19. The van der Waals surface area contributed by atoms with E-state index in [1.165, 1.54) is 25.0 Å². The van der Waals surface area contributed by atoms with Crippen molar-refractivity contribution in [3.8, 4) is 0 Å². The Morgan fingerprint density at radius 3 is 2.85 bits per heavy atom. The molecule has 0 amide bonds. The number of fused-ring (bicyclic) bond motifs is 2. The molecule has 2 fully saturated rings. The highest BCUT2D eigenvalue weighted by Crippen LogP contribution is 2.64. The molecule has 0 spiro atoms. The molecule has 0 aromatic heterocycles. The van der Waals surface area contributed by atoms with E-state index in [1.807, 2.05) is 12.3 Å². The summed E-state index contributed by atoms with van der Waals surface area (Å²) in [7, 11) is 0. The van der Waals surface area contributed by atoms with Crippen LogP contribution in [0.3, 0.4) is 0 Å². The van der Waals surface area contributed by atoms with E-state index < -0.39 is 0 Å². The van der Waals surface area contributed by atoms with Crippen LogP contribution in [-0.4, -0.2) is 6.17 Å². The maximum atomic E-state index is 4.19. The highest BCUT2D eigenvalue weighted by molar-refractivity contribution is 5.30. The van der Waals surface area contributed by atoms with Gasteiger partial charge in [-0.2, -0.15) is 0 Å². The van der Waals surface area contributed by atoms with E-state index in [4.69, 9.17) is 0 Å². The molecule has 0 radical (unpaired) electrons. The van der Waals surface area contributed by atoms with Gasteiger partial charge in [0.2, 0.25) is 0 Å². The van der Waals surface area contributed by atoms with Gasteiger partial charge in [-0.15, -0.1) is 10.2 Å². The van der Waals surface area contributed by atoms with E-state index in [1.54, 1.807) is 0 Å². The molecule has 4 rings (SSSR count). The van der Waals surface area contributed by atoms with Crippen LogP contribution in [0, 0.1) is 23.2 Å². The standard InChI is InChI=1S/C15H19N5/c1-15(13-5-3-2-4-8-16-13)10-6-7-12(15)11(9-10)14-17-19-20-18-14/h2-5,8,10-12,14,16H,6-7,9H2,1H3. The molecule has 0 aromatic rings. The molecule has 0 aromatic carbocycles. The lowest BCUT2D eigenvalue weighted by molar-refractivity contribution is 0.228.